The first-order chi connectivity index (χ1) is 11.0. The molecule has 1 saturated heterocycles. The van der Waals surface area contributed by atoms with Gasteiger partial charge in [0.25, 0.3) is 0 Å². The lowest BCUT2D eigenvalue weighted by Gasteiger charge is -2.31. The zero-order valence-corrected chi connectivity index (χ0v) is 14.3. The van der Waals surface area contributed by atoms with Gasteiger partial charge in [0, 0.05) is 26.1 Å². The van der Waals surface area contributed by atoms with Gasteiger partial charge in [0.2, 0.25) is 10.0 Å². The molecule has 7 heteroatoms. The maximum Gasteiger partial charge on any atom is 0.243 e. The highest BCUT2D eigenvalue weighted by Gasteiger charge is 2.32. The lowest BCUT2D eigenvalue weighted by molar-refractivity contribution is 0.310. The maximum absolute atomic E-state index is 12.9. The Balaban J connectivity index is 1.78. The highest BCUT2D eigenvalue weighted by atomic mass is 32.2. The van der Waals surface area contributed by atoms with Crippen molar-refractivity contribution in [3.05, 3.63) is 42.0 Å². The predicted octanol–water partition coefficient (Wildman–Crippen LogP) is 1.95. The quantitative estimate of drug-likeness (QED) is 0.857. The number of nitrogens with zero attached hydrogens (tertiary/aromatic N) is 4. The van der Waals surface area contributed by atoms with Crippen molar-refractivity contribution >= 4 is 10.0 Å². The summed E-state index contributed by atoms with van der Waals surface area (Å²) >= 11 is 0. The molecule has 0 amide bonds. The lowest BCUT2D eigenvalue weighted by atomic mass is 9.97. The Labute approximate surface area is 137 Å². The fourth-order valence-electron chi connectivity index (χ4n) is 3.20. The monoisotopic (exact) mass is 334 g/mol. The molecule has 0 unspecified atom stereocenters. The normalized spacial score (nSPS) is 17.5. The van der Waals surface area contributed by atoms with Crippen molar-refractivity contribution < 1.29 is 8.42 Å². The van der Waals surface area contributed by atoms with Gasteiger partial charge in [-0.15, -0.1) is 10.2 Å². The molecule has 2 aromatic rings. The molecule has 0 atom stereocenters. The van der Waals surface area contributed by atoms with Crippen LogP contribution in [0, 0.1) is 0 Å². The van der Waals surface area contributed by atoms with Gasteiger partial charge in [-0.3, -0.25) is 0 Å². The van der Waals surface area contributed by atoms with E-state index < -0.39 is 10.0 Å². The van der Waals surface area contributed by atoms with Gasteiger partial charge in [-0.25, -0.2) is 8.42 Å². The van der Waals surface area contributed by atoms with Crippen molar-refractivity contribution in [3.8, 4) is 0 Å². The summed E-state index contributed by atoms with van der Waals surface area (Å²) < 4.78 is 29.4. The van der Waals surface area contributed by atoms with Gasteiger partial charge in [-0.2, -0.15) is 4.31 Å². The third kappa shape index (κ3) is 3.03. The summed E-state index contributed by atoms with van der Waals surface area (Å²) in [5, 5.41) is 8.07. The molecule has 124 valence electrons. The van der Waals surface area contributed by atoms with Crippen LogP contribution in [0.1, 0.15) is 37.1 Å². The minimum atomic E-state index is -3.42. The molecule has 1 fully saturated rings. The Kier molecular flexibility index (Phi) is 4.50. The topological polar surface area (TPSA) is 68.1 Å². The van der Waals surface area contributed by atoms with Gasteiger partial charge in [0.05, 0.1) is 4.90 Å². The molecule has 6 nitrogen and oxygen atoms in total. The van der Waals surface area contributed by atoms with Gasteiger partial charge in [0.15, 0.2) is 0 Å². The van der Waals surface area contributed by atoms with Crippen LogP contribution >= 0.6 is 0 Å². The molecule has 1 aliphatic rings. The summed E-state index contributed by atoms with van der Waals surface area (Å²) in [5.74, 6) is 1.21. The fourth-order valence-corrected chi connectivity index (χ4v) is 4.97. The Morgan fingerprint density at radius 2 is 1.91 bits per heavy atom. The second-order valence-electron chi connectivity index (χ2n) is 5.94. The summed E-state index contributed by atoms with van der Waals surface area (Å²) in [6.07, 6.45) is 3.96. The van der Waals surface area contributed by atoms with E-state index in [9.17, 15) is 8.42 Å². The van der Waals surface area contributed by atoms with Gasteiger partial charge in [-0.1, -0.05) is 25.1 Å². The van der Waals surface area contributed by atoms with E-state index in [0.717, 1.165) is 24.2 Å². The van der Waals surface area contributed by atoms with Crippen molar-refractivity contribution in [3.63, 3.8) is 0 Å². The van der Waals surface area contributed by atoms with Crippen molar-refractivity contribution in [2.24, 2.45) is 7.05 Å². The standard InChI is InChI=1S/C16H22N4O2S/c1-3-13-6-4-5-7-15(13)23(21,22)20-10-8-14(9-11-20)16-18-17-12-19(16)2/h4-7,12,14H,3,8-11H2,1-2H3. The van der Waals surface area contributed by atoms with E-state index in [1.54, 1.807) is 22.8 Å². The van der Waals surface area contributed by atoms with Crippen molar-refractivity contribution in [1.82, 2.24) is 19.1 Å². The molecular formula is C16H22N4O2S. The first-order valence-corrected chi connectivity index (χ1v) is 9.40. The number of piperidine rings is 1. The summed E-state index contributed by atoms with van der Waals surface area (Å²) in [6, 6.07) is 7.28. The van der Waals surface area contributed by atoms with Crippen LogP contribution in [0.25, 0.3) is 0 Å². The first-order valence-electron chi connectivity index (χ1n) is 7.96. The average molecular weight is 334 g/mol. The Morgan fingerprint density at radius 3 is 2.52 bits per heavy atom. The van der Waals surface area contributed by atoms with E-state index in [1.165, 1.54) is 0 Å². The van der Waals surface area contributed by atoms with Crippen molar-refractivity contribution in [2.75, 3.05) is 13.1 Å². The van der Waals surface area contributed by atoms with Crippen LogP contribution in [-0.4, -0.2) is 40.6 Å². The number of hydrogen-bond acceptors (Lipinski definition) is 4. The molecule has 1 aromatic carbocycles. The van der Waals surface area contributed by atoms with Crippen LogP contribution in [0.4, 0.5) is 0 Å². The van der Waals surface area contributed by atoms with E-state index in [2.05, 4.69) is 10.2 Å². The highest BCUT2D eigenvalue weighted by Crippen LogP contribution is 2.30. The zero-order valence-electron chi connectivity index (χ0n) is 13.5. The number of aromatic nitrogens is 3. The van der Waals surface area contributed by atoms with Crippen LogP contribution in [-0.2, 0) is 23.5 Å². The van der Waals surface area contributed by atoms with Crippen LogP contribution < -0.4 is 0 Å². The number of sulfonamides is 1. The molecule has 0 bridgehead atoms. The lowest BCUT2D eigenvalue weighted by Crippen LogP contribution is -2.38. The van der Waals surface area contributed by atoms with Crippen LogP contribution in [0.3, 0.4) is 0 Å². The molecule has 0 N–H and O–H groups in total. The van der Waals surface area contributed by atoms with Gasteiger partial charge < -0.3 is 4.57 Å². The predicted molar refractivity (Wildman–Crippen MR) is 87.6 cm³/mol. The van der Waals surface area contributed by atoms with E-state index in [0.29, 0.717) is 24.4 Å². The molecule has 0 spiro atoms. The largest absolute Gasteiger partial charge is 0.320 e. The molecule has 0 saturated carbocycles. The number of rotatable bonds is 4. The van der Waals surface area contributed by atoms with E-state index in [4.69, 9.17) is 0 Å². The summed E-state index contributed by atoms with van der Waals surface area (Å²) in [4.78, 5) is 0.444. The number of benzene rings is 1. The summed E-state index contributed by atoms with van der Waals surface area (Å²) in [5.41, 5.74) is 0.878. The molecule has 23 heavy (non-hydrogen) atoms. The fraction of sp³-hybridized carbons (Fsp3) is 0.500. The Morgan fingerprint density at radius 1 is 1.22 bits per heavy atom. The third-order valence-electron chi connectivity index (χ3n) is 4.54. The summed E-state index contributed by atoms with van der Waals surface area (Å²) in [7, 11) is -1.49. The van der Waals surface area contributed by atoms with E-state index in [1.807, 2.05) is 30.7 Å². The zero-order chi connectivity index (χ0) is 16.4. The van der Waals surface area contributed by atoms with Crippen molar-refractivity contribution in [2.45, 2.75) is 37.0 Å². The second kappa shape index (κ2) is 6.41. The maximum atomic E-state index is 12.9. The smallest absolute Gasteiger partial charge is 0.243 e. The molecular weight excluding hydrogens is 312 g/mol. The molecule has 1 aliphatic heterocycles. The van der Waals surface area contributed by atoms with E-state index >= 15 is 0 Å². The van der Waals surface area contributed by atoms with Gasteiger partial charge in [0.1, 0.15) is 12.2 Å². The van der Waals surface area contributed by atoms with Crippen LogP contribution in [0.5, 0.6) is 0 Å². The van der Waals surface area contributed by atoms with Crippen LogP contribution in [0.15, 0.2) is 35.5 Å². The summed E-state index contributed by atoms with van der Waals surface area (Å²) in [6.45, 7) is 3.03. The number of hydrogen-bond donors (Lipinski definition) is 0. The highest BCUT2D eigenvalue weighted by molar-refractivity contribution is 7.89. The SMILES string of the molecule is CCc1ccccc1S(=O)(=O)N1CCC(c2nncn2C)CC1. The minimum Gasteiger partial charge on any atom is -0.320 e. The second-order valence-corrected chi connectivity index (χ2v) is 7.85. The van der Waals surface area contributed by atoms with Gasteiger partial charge >= 0.3 is 0 Å². The van der Waals surface area contributed by atoms with E-state index in [-0.39, 0.29) is 5.92 Å². The molecule has 3 rings (SSSR count). The van der Waals surface area contributed by atoms with Crippen molar-refractivity contribution in [1.29, 1.82) is 0 Å². The molecule has 2 heterocycles. The molecule has 0 radical (unpaired) electrons. The molecule has 0 aliphatic carbocycles. The number of aryl methyl sites for hydroxylation is 2. The average Bonchev–Trinajstić information content (AvgIpc) is 3.01. The Bertz CT molecular complexity index is 777. The van der Waals surface area contributed by atoms with Gasteiger partial charge in [-0.05, 0) is 30.9 Å². The van der Waals surface area contributed by atoms with Crippen LogP contribution in [0.2, 0.25) is 0 Å². The Hall–Kier alpha value is -1.73. The minimum absolute atomic E-state index is 0.273. The first kappa shape index (κ1) is 16.1. The molecule has 1 aromatic heterocycles. The third-order valence-corrected chi connectivity index (χ3v) is 6.54.